The number of nitrogens with zero attached hydrogens (tertiary/aromatic N) is 2. The molecule has 1 amide bonds. The molecule has 2 rings (SSSR count). The zero-order chi connectivity index (χ0) is 15.0. The highest BCUT2D eigenvalue weighted by atomic mass is 79.9. The maximum absolute atomic E-state index is 12.2. The molecule has 0 aromatic heterocycles. The lowest BCUT2D eigenvalue weighted by atomic mass is 9.95. The standard InChI is InChI=1S/C15H27BrN2O2/c1-14(2,3)20-13(19)17-10-7-15(4,11-17)18-8-5-12(16)6-9-18/h12H,5-11H2,1-4H3. The lowest BCUT2D eigenvalue weighted by Crippen LogP contribution is -2.52. The minimum absolute atomic E-state index is 0.115. The monoisotopic (exact) mass is 346 g/mol. The summed E-state index contributed by atoms with van der Waals surface area (Å²) in [6.45, 7) is 11.9. The van der Waals surface area contributed by atoms with Crippen LogP contribution in [0.15, 0.2) is 0 Å². The Morgan fingerprint density at radius 3 is 2.40 bits per heavy atom. The normalized spacial score (nSPS) is 29.8. The van der Waals surface area contributed by atoms with Crippen LogP contribution in [-0.4, -0.2) is 58.0 Å². The summed E-state index contributed by atoms with van der Waals surface area (Å²) in [6, 6.07) is 0. The van der Waals surface area contributed by atoms with Gasteiger partial charge in [0.15, 0.2) is 0 Å². The molecule has 2 saturated heterocycles. The molecule has 2 heterocycles. The number of alkyl halides is 1. The van der Waals surface area contributed by atoms with E-state index in [1.807, 2.05) is 25.7 Å². The maximum atomic E-state index is 12.2. The Kier molecular flexibility index (Phi) is 4.69. The van der Waals surface area contributed by atoms with Gasteiger partial charge < -0.3 is 9.64 Å². The van der Waals surface area contributed by atoms with Gasteiger partial charge in [-0.3, -0.25) is 4.90 Å². The van der Waals surface area contributed by atoms with E-state index in [2.05, 4.69) is 27.8 Å². The predicted molar refractivity (Wildman–Crippen MR) is 84.4 cm³/mol. The number of carbonyl (C=O) groups excluding carboxylic acids is 1. The quantitative estimate of drug-likeness (QED) is 0.683. The second kappa shape index (κ2) is 5.84. The molecular formula is C15H27BrN2O2. The highest BCUT2D eigenvalue weighted by Gasteiger charge is 2.42. The fourth-order valence-electron chi connectivity index (χ4n) is 3.07. The summed E-state index contributed by atoms with van der Waals surface area (Å²) >= 11 is 3.70. The zero-order valence-corrected chi connectivity index (χ0v) is 14.7. The molecule has 0 aliphatic carbocycles. The van der Waals surface area contributed by atoms with Gasteiger partial charge in [0.05, 0.1) is 0 Å². The summed E-state index contributed by atoms with van der Waals surface area (Å²) in [5, 5.41) is 0. The van der Waals surface area contributed by atoms with Crippen LogP contribution < -0.4 is 0 Å². The van der Waals surface area contributed by atoms with Crippen molar-refractivity contribution in [3.05, 3.63) is 0 Å². The van der Waals surface area contributed by atoms with Crippen LogP contribution in [-0.2, 0) is 4.74 Å². The fraction of sp³-hybridized carbons (Fsp3) is 0.933. The third-order valence-electron chi connectivity index (χ3n) is 4.29. The molecule has 0 radical (unpaired) electrons. The molecule has 1 unspecified atom stereocenters. The molecule has 0 saturated carbocycles. The number of carbonyl (C=O) groups is 1. The number of hydrogen-bond acceptors (Lipinski definition) is 3. The van der Waals surface area contributed by atoms with Gasteiger partial charge in [0.1, 0.15) is 5.60 Å². The average molecular weight is 347 g/mol. The first-order valence-electron chi connectivity index (χ1n) is 7.57. The number of likely N-dealkylation sites (tertiary alicyclic amines) is 2. The fourth-order valence-corrected chi connectivity index (χ4v) is 3.48. The van der Waals surface area contributed by atoms with Gasteiger partial charge in [-0.05, 0) is 60.0 Å². The second-order valence-electron chi connectivity index (χ2n) is 7.31. The summed E-state index contributed by atoms with van der Waals surface area (Å²) < 4.78 is 5.48. The first kappa shape index (κ1) is 16.1. The van der Waals surface area contributed by atoms with Crippen LogP contribution in [0.1, 0.15) is 47.0 Å². The molecule has 2 aliphatic rings. The predicted octanol–water partition coefficient (Wildman–Crippen LogP) is 3.25. The Morgan fingerprint density at radius 2 is 1.85 bits per heavy atom. The van der Waals surface area contributed by atoms with Gasteiger partial charge in [-0.25, -0.2) is 4.79 Å². The van der Waals surface area contributed by atoms with Crippen molar-refractivity contribution in [3.8, 4) is 0 Å². The van der Waals surface area contributed by atoms with Crippen molar-refractivity contribution in [2.75, 3.05) is 26.2 Å². The van der Waals surface area contributed by atoms with Gasteiger partial charge in [-0.2, -0.15) is 0 Å². The van der Waals surface area contributed by atoms with Gasteiger partial charge in [-0.1, -0.05) is 15.9 Å². The van der Waals surface area contributed by atoms with Gasteiger partial charge in [0.2, 0.25) is 0 Å². The van der Waals surface area contributed by atoms with Crippen molar-refractivity contribution in [3.63, 3.8) is 0 Å². The van der Waals surface area contributed by atoms with E-state index < -0.39 is 5.60 Å². The highest BCUT2D eigenvalue weighted by Crippen LogP contribution is 2.32. The number of rotatable bonds is 1. The molecule has 0 bridgehead atoms. The highest BCUT2D eigenvalue weighted by molar-refractivity contribution is 9.09. The Labute approximate surface area is 130 Å². The van der Waals surface area contributed by atoms with Crippen LogP contribution in [0.4, 0.5) is 4.79 Å². The van der Waals surface area contributed by atoms with Crippen molar-refractivity contribution in [1.29, 1.82) is 0 Å². The molecule has 0 aromatic carbocycles. The summed E-state index contributed by atoms with van der Waals surface area (Å²) in [6.07, 6.45) is 3.26. The van der Waals surface area contributed by atoms with Crippen molar-refractivity contribution >= 4 is 22.0 Å². The van der Waals surface area contributed by atoms with Gasteiger partial charge in [0.25, 0.3) is 0 Å². The summed E-state index contributed by atoms with van der Waals surface area (Å²) in [7, 11) is 0. The number of halogens is 1. The third-order valence-corrected chi connectivity index (χ3v) is 5.21. The topological polar surface area (TPSA) is 32.8 Å². The molecule has 116 valence electrons. The molecule has 0 N–H and O–H groups in total. The van der Waals surface area contributed by atoms with Gasteiger partial charge in [-0.15, -0.1) is 0 Å². The third kappa shape index (κ3) is 3.88. The van der Waals surface area contributed by atoms with Crippen LogP contribution in [0.25, 0.3) is 0 Å². The Bertz CT molecular complexity index is 361. The Balaban J connectivity index is 1.92. The van der Waals surface area contributed by atoms with Gasteiger partial charge in [0, 0.05) is 23.5 Å². The van der Waals surface area contributed by atoms with Crippen molar-refractivity contribution < 1.29 is 9.53 Å². The summed E-state index contributed by atoms with van der Waals surface area (Å²) in [5.74, 6) is 0. The van der Waals surface area contributed by atoms with E-state index in [1.54, 1.807) is 0 Å². The first-order chi connectivity index (χ1) is 9.20. The van der Waals surface area contributed by atoms with E-state index >= 15 is 0 Å². The van der Waals surface area contributed by atoms with Crippen molar-refractivity contribution in [1.82, 2.24) is 9.80 Å². The Hall–Kier alpha value is -0.290. The molecule has 2 aliphatic heterocycles. The Morgan fingerprint density at radius 1 is 1.25 bits per heavy atom. The maximum Gasteiger partial charge on any atom is 0.410 e. The van der Waals surface area contributed by atoms with E-state index in [0.29, 0.717) is 4.83 Å². The first-order valence-corrected chi connectivity index (χ1v) is 8.48. The average Bonchev–Trinajstić information content (AvgIpc) is 2.72. The molecule has 20 heavy (non-hydrogen) atoms. The lowest BCUT2D eigenvalue weighted by Gasteiger charge is -2.42. The van der Waals surface area contributed by atoms with E-state index in [1.165, 1.54) is 12.8 Å². The zero-order valence-electron chi connectivity index (χ0n) is 13.1. The van der Waals surface area contributed by atoms with Crippen molar-refractivity contribution in [2.24, 2.45) is 0 Å². The molecule has 0 spiro atoms. The number of hydrogen-bond donors (Lipinski definition) is 0. The molecule has 4 nitrogen and oxygen atoms in total. The molecule has 2 fully saturated rings. The molecule has 5 heteroatoms. The smallest absolute Gasteiger partial charge is 0.410 e. The number of ether oxygens (including phenoxy) is 1. The van der Waals surface area contributed by atoms with Crippen LogP contribution >= 0.6 is 15.9 Å². The SMILES string of the molecule is CC(C)(C)OC(=O)N1CCC(C)(N2CCC(Br)CC2)C1. The molecule has 0 aromatic rings. The minimum atomic E-state index is -0.412. The number of amides is 1. The van der Waals surface area contributed by atoms with Gasteiger partial charge >= 0.3 is 6.09 Å². The lowest BCUT2D eigenvalue weighted by molar-refractivity contribution is 0.0236. The van der Waals surface area contributed by atoms with Crippen LogP contribution in [0.5, 0.6) is 0 Å². The van der Waals surface area contributed by atoms with E-state index in [9.17, 15) is 4.79 Å². The molecular weight excluding hydrogens is 320 g/mol. The number of piperidine rings is 1. The minimum Gasteiger partial charge on any atom is -0.444 e. The van der Waals surface area contributed by atoms with E-state index in [0.717, 1.165) is 32.6 Å². The van der Waals surface area contributed by atoms with E-state index in [-0.39, 0.29) is 11.6 Å². The second-order valence-corrected chi connectivity index (χ2v) is 8.61. The van der Waals surface area contributed by atoms with Crippen molar-refractivity contribution in [2.45, 2.75) is 62.9 Å². The summed E-state index contributed by atoms with van der Waals surface area (Å²) in [5.41, 5.74) is -0.297. The molecule has 1 atom stereocenters. The van der Waals surface area contributed by atoms with Crippen LogP contribution in [0.3, 0.4) is 0 Å². The van der Waals surface area contributed by atoms with Crippen LogP contribution in [0.2, 0.25) is 0 Å². The summed E-state index contributed by atoms with van der Waals surface area (Å²) in [4.78, 5) is 17.2. The largest absolute Gasteiger partial charge is 0.444 e. The van der Waals surface area contributed by atoms with Crippen LogP contribution in [0, 0.1) is 0 Å². The van der Waals surface area contributed by atoms with E-state index in [4.69, 9.17) is 4.74 Å².